The molecule has 0 unspecified atom stereocenters. The van der Waals surface area contributed by atoms with Crippen LogP contribution in [0.3, 0.4) is 0 Å². The average molecular weight is 618 g/mol. The van der Waals surface area contributed by atoms with Gasteiger partial charge in [-0.1, -0.05) is 45.4 Å². The molecule has 41 heavy (non-hydrogen) atoms. The summed E-state index contributed by atoms with van der Waals surface area (Å²) in [6.07, 6.45) is 7.71. The lowest BCUT2D eigenvalue weighted by Gasteiger charge is -2.49. The van der Waals surface area contributed by atoms with Gasteiger partial charge in [0.05, 0.1) is 5.71 Å². The number of piperidine rings is 2. The number of oxime groups is 1. The van der Waals surface area contributed by atoms with Crippen LogP contribution < -0.4 is 0 Å². The molecule has 0 spiro atoms. The number of amides is 1. The number of carbonyl (C=O) groups excluding carboxylic acids is 1. The molecule has 7 heteroatoms. The van der Waals surface area contributed by atoms with Crippen LogP contribution in [0.2, 0.25) is 0 Å². The standard InChI is InChI=1S/C34H41BrN4O2/c1-5-41-37-32(27-6-8-30(35)9-7-27)28-12-18-39(19-13-28)34(4)14-20-38(21-15-34)33(40)31-24(2)22-29(23-25(31)3)26-10-16-36-17-11-26/h6-11,16-17,22-23,28H,5,12-15,18-21H2,1-4H3/b37-32+. The molecule has 6 nitrogen and oxygen atoms in total. The van der Waals surface area contributed by atoms with Crippen molar-refractivity contribution in [2.75, 3.05) is 32.8 Å². The Labute approximate surface area is 252 Å². The van der Waals surface area contributed by atoms with Crippen molar-refractivity contribution in [2.45, 2.75) is 58.9 Å². The number of aryl methyl sites for hydroxylation is 2. The molecule has 0 saturated carbocycles. The summed E-state index contributed by atoms with van der Waals surface area (Å²) in [6, 6.07) is 16.7. The van der Waals surface area contributed by atoms with Crippen LogP contribution >= 0.6 is 15.9 Å². The highest BCUT2D eigenvalue weighted by Crippen LogP contribution is 2.35. The SMILES string of the molecule is CCO/N=C(\c1ccc(Br)cc1)C1CCN(C2(C)CCN(C(=O)c3c(C)cc(-c4ccncc4)cc3C)CC2)CC1. The zero-order valence-electron chi connectivity index (χ0n) is 24.7. The van der Waals surface area contributed by atoms with E-state index in [1.807, 2.05) is 31.5 Å². The van der Waals surface area contributed by atoms with Crippen LogP contribution in [0.5, 0.6) is 0 Å². The fourth-order valence-corrected chi connectivity index (χ4v) is 6.75. The number of pyridine rings is 1. The number of carbonyl (C=O) groups is 1. The molecular formula is C34H41BrN4O2. The molecule has 3 aromatic rings. The Morgan fingerprint density at radius 2 is 1.59 bits per heavy atom. The number of rotatable bonds is 7. The van der Waals surface area contributed by atoms with E-state index in [-0.39, 0.29) is 11.4 Å². The highest BCUT2D eigenvalue weighted by molar-refractivity contribution is 9.10. The molecule has 1 amide bonds. The number of hydrogen-bond acceptors (Lipinski definition) is 5. The van der Waals surface area contributed by atoms with Gasteiger partial charge in [-0.05, 0) is 119 Å². The Morgan fingerprint density at radius 3 is 2.17 bits per heavy atom. The van der Waals surface area contributed by atoms with Crippen molar-refractivity contribution in [2.24, 2.45) is 11.1 Å². The van der Waals surface area contributed by atoms with Crippen molar-refractivity contribution in [3.8, 4) is 11.1 Å². The second-order valence-electron chi connectivity index (χ2n) is 11.7. The maximum Gasteiger partial charge on any atom is 0.254 e. The number of benzene rings is 2. The summed E-state index contributed by atoms with van der Waals surface area (Å²) in [5.41, 5.74) is 7.47. The Hall–Kier alpha value is -3.03. The van der Waals surface area contributed by atoms with E-state index in [2.05, 4.69) is 93.0 Å². The zero-order chi connectivity index (χ0) is 29.0. The predicted octanol–water partition coefficient (Wildman–Crippen LogP) is 7.28. The maximum atomic E-state index is 13.7. The summed E-state index contributed by atoms with van der Waals surface area (Å²) in [6.45, 7) is 12.7. The molecular weight excluding hydrogens is 576 g/mol. The number of likely N-dealkylation sites (tertiary alicyclic amines) is 2. The second-order valence-corrected chi connectivity index (χ2v) is 12.6. The highest BCUT2D eigenvalue weighted by Gasteiger charge is 2.39. The predicted molar refractivity (Wildman–Crippen MR) is 169 cm³/mol. The van der Waals surface area contributed by atoms with Gasteiger partial charge in [-0.3, -0.25) is 14.7 Å². The Kier molecular flexibility index (Phi) is 9.25. The first-order valence-electron chi connectivity index (χ1n) is 14.8. The van der Waals surface area contributed by atoms with Crippen molar-refractivity contribution in [1.82, 2.24) is 14.8 Å². The molecule has 5 rings (SSSR count). The smallest absolute Gasteiger partial charge is 0.254 e. The van der Waals surface area contributed by atoms with E-state index in [0.717, 1.165) is 95.4 Å². The van der Waals surface area contributed by atoms with Crippen LogP contribution in [0.4, 0.5) is 0 Å². The average Bonchev–Trinajstić information content (AvgIpc) is 2.99. The Morgan fingerprint density at radius 1 is 0.976 bits per heavy atom. The Bertz CT molecular complexity index is 1350. The fourth-order valence-electron chi connectivity index (χ4n) is 6.49. The van der Waals surface area contributed by atoms with Gasteiger partial charge in [0.25, 0.3) is 5.91 Å². The lowest BCUT2D eigenvalue weighted by Crippen LogP contribution is -2.56. The molecule has 2 aliphatic heterocycles. The maximum absolute atomic E-state index is 13.7. The topological polar surface area (TPSA) is 58.0 Å². The molecule has 216 valence electrons. The summed E-state index contributed by atoms with van der Waals surface area (Å²) in [5.74, 6) is 0.540. The van der Waals surface area contributed by atoms with Gasteiger partial charge >= 0.3 is 0 Å². The van der Waals surface area contributed by atoms with E-state index >= 15 is 0 Å². The molecule has 2 saturated heterocycles. The van der Waals surface area contributed by atoms with Gasteiger partial charge in [0.1, 0.15) is 6.61 Å². The number of halogens is 1. The number of nitrogens with zero attached hydrogens (tertiary/aromatic N) is 4. The van der Waals surface area contributed by atoms with Crippen LogP contribution in [0.25, 0.3) is 11.1 Å². The fraction of sp³-hybridized carbons (Fsp3) is 0.441. The van der Waals surface area contributed by atoms with Gasteiger partial charge in [0.15, 0.2) is 0 Å². The molecule has 0 radical (unpaired) electrons. The first kappa shape index (κ1) is 29.5. The summed E-state index contributed by atoms with van der Waals surface area (Å²) >= 11 is 3.54. The van der Waals surface area contributed by atoms with Crippen molar-refractivity contribution < 1.29 is 9.63 Å². The molecule has 1 aromatic heterocycles. The minimum absolute atomic E-state index is 0.103. The summed E-state index contributed by atoms with van der Waals surface area (Å²) in [4.78, 5) is 28.1. The monoisotopic (exact) mass is 616 g/mol. The van der Waals surface area contributed by atoms with Crippen molar-refractivity contribution in [1.29, 1.82) is 0 Å². The normalized spacial score (nSPS) is 18.4. The quantitative estimate of drug-likeness (QED) is 0.207. The van der Waals surface area contributed by atoms with E-state index in [4.69, 9.17) is 4.84 Å². The third kappa shape index (κ3) is 6.57. The first-order valence-corrected chi connectivity index (χ1v) is 15.6. The summed E-state index contributed by atoms with van der Waals surface area (Å²) < 4.78 is 1.07. The van der Waals surface area contributed by atoms with Gasteiger partial charge in [0.2, 0.25) is 0 Å². The molecule has 2 aliphatic rings. The zero-order valence-corrected chi connectivity index (χ0v) is 26.3. The third-order valence-corrected chi connectivity index (χ3v) is 9.49. The van der Waals surface area contributed by atoms with Gasteiger partial charge in [0, 0.05) is 47.0 Å². The lowest BCUT2D eigenvalue weighted by atomic mass is 9.82. The molecule has 0 N–H and O–H groups in total. The van der Waals surface area contributed by atoms with E-state index in [1.54, 1.807) is 0 Å². The van der Waals surface area contributed by atoms with Crippen LogP contribution in [-0.2, 0) is 4.84 Å². The molecule has 2 fully saturated rings. The number of hydrogen-bond donors (Lipinski definition) is 0. The van der Waals surface area contributed by atoms with E-state index in [0.29, 0.717) is 12.5 Å². The van der Waals surface area contributed by atoms with Crippen LogP contribution in [0, 0.1) is 19.8 Å². The first-order chi connectivity index (χ1) is 19.8. The second kappa shape index (κ2) is 12.9. The molecule has 3 heterocycles. The molecule has 0 bridgehead atoms. The van der Waals surface area contributed by atoms with Crippen LogP contribution in [0.15, 0.2) is 70.6 Å². The molecule has 0 atom stereocenters. The minimum atomic E-state index is 0.103. The molecule has 0 aliphatic carbocycles. The van der Waals surface area contributed by atoms with E-state index < -0.39 is 0 Å². The van der Waals surface area contributed by atoms with Gasteiger partial charge in [-0.15, -0.1) is 0 Å². The minimum Gasteiger partial charge on any atom is -0.396 e. The molecule has 2 aromatic carbocycles. The summed E-state index contributed by atoms with van der Waals surface area (Å²) in [7, 11) is 0. The number of aromatic nitrogens is 1. The Balaban J connectivity index is 1.21. The largest absolute Gasteiger partial charge is 0.396 e. The van der Waals surface area contributed by atoms with Crippen LogP contribution in [-0.4, -0.2) is 64.7 Å². The van der Waals surface area contributed by atoms with Crippen molar-refractivity contribution in [3.05, 3.63) is 87.7 Å². The third-order valence-electron chi connectivity index (χ3n) is 8.97. The summed E-state index contributed by atoms with van der Waals surface area (Å²) in [5, 5.41) is 4.55. The highest BCUT2D eigenvalue weighted by atomic mass is 79.9. The van der Waals surface area contributed by atoms with Crippen molar-refractivity contribution in [3.63, 3.8) is 0 Å². The van der Waals surface area contributed by atoms with Crippen molar-refractivity contribution >= 4 is 27.5 Å². The van der Waals surface area contributed by atoms with Gasteiger partial charge < -0.3 is 9.74 Å². The lowest BCUT2D eigenvalue weighted by molar-refractivity contribution is 0.0161. The van der Waals surface area contributed by atoms with E-state index in [1.165, 1.54) is 0 Å². The van der Waals surface area contributed by atoms with Crippen LogP contribution in [0.1, 0.15) is 66.6 Å². The van der Waals surface area contributed by atoms with Gasteiger partial charge in [-0.25, -0.2) is 0 Å². The van der Waals surface area contributed by atoms with Gasteiger partial charge in [-0.2, -0.15) is 0 Å². The van der Waals surface area contributed by atoms with E-state index in [9.17, 15) is 4.79 Å².